The Balaban J connectivity index is 0.000000183. The fourth-order valence-corrected chi connectivity index (χ4v) is 12.5. The molecule has 4 fully saturated rings. The van der Waals surface area contributed by atoms with Gasteiger partial charge < -0.3 is 39.9 Å². The molecule has 2 aliphatic heterocycles. The molecule has 4 heterocycles. The molecule has 0 radical (unpaired) electrons. The molecule has 6 aliphatic rings. The molecule has 10 rings (SSSR count). The summed E-state index contributed by atoms with van der Waals surface area (Å²) in [4.78, 5) is 73.0. The normalized spacial score (nSPS) is 26.8. The van der Waals surface area contributed by atoms with Crippen molar-refractivity contribution < 1.29 is 45.7 Å². The standard InChI is InChI=1S/2C27H36N4O3.Fe/c2*1-16(2)24(30-27(33)34-3)26(32)31-22-11-7-6-10-19(22)15-23(31)25-28-20-13-12-18(14-21(20)29-25)17-8-4-5-9-17;/h2*4,8,12-14,16-17,19,22-24H,5-7,9-11,15H2,1-3H3,(H,28,29)(H,30,33);/t2*17?,19-,22-,23-,24-;/m00./s1. The summed E-state index contributed by atoms with van der Waals surface area (Å²) < 4.78 is 9.62. The van der Waals surface area contributed by atoms with Crippen LogP contribution < -0.4 is 10.6 Å². The van der Waals surface area contributed by atoms with Crippen molar-refractivity contribution in [3.05, 3.63) is 83.5 Å². The molecule has 10 atom stereocenters. The molecule has 372 valence electrons. The summed E-state index contributed by atoms with van der Waals surface area (Å²) in [5.74, 6) is 3.45. The number of amides is 4. The first-order valence-corrected chi connectivity index (χ1v) is 25.6. The second-order valence-corrected chi connectivity index (χ2v) is 21.0. The van der Waals surface area contributed by atoms with Gasteiger partial charge in [-0.25, -0.2) is 19.6 Å². The number of benzene rings is 2. The van der Waals surface area contributed by atoms with Crippen LogP contribution in [0.1, 0.15) is 164 Å². The van der Waals surface area contributed by atoms with Crippen LogP contribution >= 0.6 is 0 Å². The largest absolute Gasteiger partial charge is 0.453 e. The third kappa shape index (κ3) is 10.5. The van der Waals surface area contributed by atoms with Gasteiger partial charge in [0.1, 0.15) is 23.7 Å². The Labute approximate surface area is 417 Å². The van der Waals surface area contributed by atoms with E-state index in [4.69, 9.17) is 19.4 Å². The van der Waals surface area contributed by atoms with Gasteiger partial charge in [0.25, 0.3) is 0 Å². The van der Waals surface area contributed by atoms with Crippen LogP contribution in [0, 0.1) is 23.7 Å². The van der Waals surface area contributed by atoms with Crippen molar-refractivity contribution in [3.63, 3.8) is 0 Å². The molecular weight excluding hydrogens is 912 g/mol. The fraction of sp³-hybridized carbons (Fsp3) is 0.593. The van der Waals surface area contributed by atoms with Crippen molar-refractivity contribution in [2.75, 3.05) is 14.2 Å². The molecule has 4 aliphatic carbocycles. The number of ether oxygens (including phenoxy) is 2. The predicted octanol–water partition coefficient (Wildman–Crippen LogP) is 10.4. The quantitative estimate of drug-likeness (QED) is 0.0897. The average molecular weight is 985 g/mol. The molecule has 2 unspecified atom stereocenters. The minimum atomic E-state index is -0.624. The maximum absolute atomic E-state index is 13.9. The number of hydrogen-bond donors (Lipinski definition) is 4. The first-order chi connectivity index (χ1) is 32.9. The summed E-state index contributed by atoms with van der Waals surface area (Å²) in [7, 11) is 2.66. The number of alkyl carbamates (subject to hydrolysis) is 2. The number of imidazole rings is 2. The van der Waals surface area contributed by atoms with Crippen LogP contribution in [0.25, 0.3) is 22.1 Å². The zero-order chi connectivity index (χ0) is 47.6. The van der Waals surface area contributed by atoms with Gasteiger partial charge in [-0.3, -0.25) is 9.59 Å². The number of aromatic nitrogens is 4. The van der Waals surface area contributed by atoms with Crippen LogP contribution in [-0.2, 0) is 36.1 Å². The van der Waals surface area contributed by atoms with Gasteiger partial charge in [0, 0.05) is 41.0 Å². The Kier molecular flexibility index (Phi) is 15.9. The Hall–Kier alpha value is -5.14. The van der Waals surface area contributed by atoms with Crippen molar-refractivity contribution in [2.45, 2.75) is 166 Å². The Morgan fingerprint density at radius 1 is 0.609 bits per heavy atom. The molecule has 2 aromatic carbocycles. The number of carbonyl (C=O) groups excluding carboxylic acids is 4. The van der Waals surface area contributed by atoms with Gasteiger partial charge in [0.05, 0.1) is 48.4 Å². The second kappa shape index (κ2) is 21.9. The maximum atomic E-state index is 13.9. The number of aromatic amines is 2. The van der Waals surface area contributed by atoms with Crippen LogP contribution in [0.3, 0.4) is 0 Å². The number of H-pyrrole nitrogens is 2. The smallest absolute Gasteiger partial charge is 0.407 e. The van der Waals surface area contributed by atoms with Crippen LogP contribution in [0.15, 0.2) is 60.7 Å². The van der Waals surface area contributed by atoms with Crippen molar-refractivity contribution in [2.24, 2.45) is 23.7 Å². The van der Waals surface area contributed by atoms with Crippen LogP contribution in [-0.4, -0.2) is 92.1 Å². The molecule has 4 amide bonds. The number of nitrogens with one attached hydrogen (secondary N) is 4. The zero-order valence-corrected chi connectivity index (χ0v) is 42.3. The third-order valence-corrected chi connectivity index (χ3v) is 16.0. The van der Waals surface area contributed by atoms with Crippen molar-refractivity contribution in [3.8, 4) is 0 Å². The summed E-state index contributed by atoms with van der Waals surface area (Å²) in [5, 5.41) is 5.57. The van der Waals surface area contributed by atoms with Gasteiger partial charge in [0.15, 0.2) is 0 Å². The molecule has 2 saturated carbocycles. The summed E-state index contributed by atoms with van der Waals surface area (Å²) in [6, 6.07) is 11.9. The molecule has 4 N–H and O–H groups in total. The Bertz CT molecular complexity index is 2360. The Morgan fingerprint density at radius 3 is 1.38 bits per heavy atom. The summed E-state index contributed by atoms with van der Waals surface area (Å²) >= 11 is 0. The van der Waals surface area contributed by atoms with E-state index in [0.717, 1.165) is 111 Å². The van der Waals surface area contributed by atoms with E-state index in [9.17, 15) is 19.2 Å². The van der Waals surface area contributed by atoms with Gasteiger partial charge in [-0.05, 0) is 123 Å². The minimum Gasteiger partial charge on any atom is -0.453 e. The van der Waals surface area contributed by atoms with Crippen LogP contribution in [0.4, 0.5) is 9.59 Å². The summed E-state index contributed by atoms with van der Waals surface area (Å²) in [6.07, 6.45) is 23.3. The summed E-state index contributed by atoms with van der Waals surface area (Å²) in [6.45, 7) is 7.84. The molecule has 4 aromatic rings. The third-order valence-electron chi connectivity index (χ3n) is 16.0. The summed E-state index contributed by atoms with van der Waals surface area (Å²) in [5.41, 5.74) is 6.57. The van der Waals surface area contributed by atoms with E-state index in [-0.39, 0.29) is 64.9 Å². The average Bonchev–Trinajstić information content (AvgIpc) is 4.21. The SMILES string of the molecule is COC(=O)N[C@H](C(=O)N1[C@H](c2nc3ccc(C4C=CCC4)cc3[nH]2)C[C@@H]2CCCC[C@@H]21)C(C)C.COC(=O)N[C@H](C(=O)N1[C@H](c2nc3ccc(C4C=CCC4)cc3[nH]2)C[C@@H]2CCCC[C@@H]21)C(C)C.[Fe]. The molecule has 2 saturated heterocycles. The predicted molar refractivity (Wildman–Crippen MR) is 263 cm³/mol. The fourth-order valence-electron chi connectivity index (χ4n) is 12.5. The minimum absolute atomic E-state index is 0. The van der Waals surface area contributed by atoms with Crippen molar-refractivity contribution >= 4 is 46.1 Å². The van der Waals surface area contributed by atoms with E-state index in [1.54, 1.807) is 0 Å². The van der Waals surface area contributed by atoms with Gasteiger partial charge in [-0.15, -0.1) is 0 Å². The monoisotopic (exact) mass is 984 g/mol. The van der Waals surface area contributed by atoms with E-state index in [0.29, 0.717) is 23.7 Å². The number of carbonyl (C=O) groups is 4. The number of fused-ring (bicyclic) bond motifs is 4. The first-order valence-electron chi connectivity index (χ1n) is 25.6. The molecule has 14 nitrogen and oxygen atoms in total. The van der Waals surface area contributed by atoms with Crippen molar-refractivity contribution in [1.29, 1.82) is 0 Å². The van der Waals surface area contributed by atoms with E-state index in [1.165, 1.54) is 38.2 Å². The number of allylic oxidation sites excluding steroid dienone is 4. The first kappa shape index (κ1) is 50.3. The molecule has 2 aromatic heterocycles. The Morgan fingerprint density at radius 2 is 1.01 bits per heavy atom. The molecule has 15 heteroatoms. The molecule has 0 spiro atoms. The number of rotatable bonds is 10. The second-order valence-electron chi connectivity index (χ2n) is 21.0. The topological polar surface area (TPSA) is 175 Å². The van der Waals surface area contributed by atoms with Crippen LogP contribution in [0.2, 0.25) is 0 Å². The van der Waals surface area contributed by atoms with E-state index in [2.05, 4.69) is 81.3 Å². The number of nitrogens with zero attached hydrogens (tertiary/aromatic N) is 4. The number of methoxy groups -OCH3 is 2. The molecule has 69 heavy (non-hydrogen) atoms. The van der Waals surface area contributed by atoms with Gasteiger partial charge >= 0.3 is 12.2 Å². The van der Waals surface area contributed by atoms with Gasteiger partial charge in [-0.2, -0.15) is 0 Å². The van der Waals surface area contributed by atoms with Gasteiger partial charge in [0.2, 0.25) is 11.8 Å². The zero-order valence-electron chi connectivity index (χ0n) is 41.2. The van der Waals surface area contributed by atoms with E-state index >= 15 is 0 Å². The van der Waals surface area contributed by atoms with Gasteiger partial charge in [-0.1, -0.05) is 89.8 Å². The number of hydrogen-bond acceptors (Lipinski definition) is 8. The maximum Gasteiger partial charge on any atom is 0.407 e. The molecular formula is C54H72FeN8O6. The number of likely N-dealkylation sites (tertiary alicyclic amines) is 2. The van der Waals surface area contributed by atoms with Crippen LogP contribution in [0.5, 0.6) is 0 Å². The van der Waals surface area contributed by atoms with E-state index < -0.39 is 24.3 Å². The molecule has 0 bridgehead atoms. The van der Waals surface area contributed by atoms with E-state index in [1.807, 2.05) is 37.5 Å². The van der Waals surface area contributed by atoms with Crippen molar-refractivity contribution in [1.82, 2.24) is 40.4 Å².